The van der Waals surface area contributed by atoms with Gasteiger partial charge in [-0.25, -0.2) is 4.79 Å². The Bertz CT molecular complexity index is 1030. The molecule has 2 aromatic carbocycles. The van der Waals surface area contributed by atoms with Crippen LogP contribution in [0.15, 0.2) is 36.1 Å². The van der Waals surface area contributed by atoms with Crippen molar-refractivity contribution >= 4 is 17.8 Å². The summed E-state index contributed by atoms with van der Waals surface area (Å²) in [4.78, 5) is 25.1. The highest BCUT2D eigenvalue weighted by Gasteiger charge is 2.32. The van der Waals surface area contributed by atoms with E-state index in [1.54, 1.807) is 57.6 Å². The van der Waals surface area contributed by atoms with Crippen LogP contribution < -0.4 is 18.9 Å². The summed E-state index contributed by atoms with van der Waals surface area (Å²) < 4.78 is 27.4. The minimum Gasteiger partial charge on any atom is -0.497 e. The van der Waals surface area contributed by atoms with Crippen molar-refractivity contribution in [1.29, 1.82) is 0 Å². The molecular formula is C23H22O7. The van der Waals surface area contributed by atoms with E-state index < -0.39 is 12.1 Å². The van der Waals surface area contributed by atoms with Crippen LogP contribution in [-0.4, -0.2) is 38.7 Å². The molecule has 0 bridgehead atoms. The van der Waals surface area contributed by atoms with E-state index in [4.69, 9.17) is 23.7 Å². The lowest BCUT2D eigenvalue weighted by Crippen LogP contribution is -2.25. The number of hydrogen-bond donors (Lipinski definition) is 0. The number of carbonyl (C=O) groups is 2. The van der Waals surface area contributed by atoms with Crippen molar-refractivity contribution in [3.8, 4) is 23.0 Å². The number of ether oxygens (including phenoxy) is 5. The zero-order valence-electron chi connectivity index (χ0n) is 17.0. The van der Waals surface area contributed by atoms with Gasteiger partial charge in [-0.05, 0) is 56.2 Å². The van der Waals surface area contributed by atoms with E-state index in [1.807, 2.05) is 0 Å². The fourth-order valence-corrected chi connectivity index (χ4v) is 3.51. The smallest absolute Gasteiger partial charge is 0.340 e. The highest BCUT2D eigenvalue weighted by atomic mass is 16.6. The Labute approximate surface area is 174 Å². The van der Waals surface area contributed by atoms with Crippen LogP contribution in [0, 0.1) is 6.92 Å². The maximum absolute atomic E-state index is 12.9. The number of ketones is 1. The van der Waals surface area contributed by atoms with Gasteiger partial charge in [0.2, 0.25) is 5.78 Å². The normalized spacial score (nSPS) is 18.8. The predicted molar refractivity (Wildman–Crippen MR) is 108 cm³/mol. The minimum absolute atomic E-state index is 0.155. The molecule has 7 nitrogen and oxygen atoms in total. The lowest BCUT2D eigenvalue weighted by Gasteiger charge is -2.12. The van der Waals surface area contributed by atoms with Gasteiger partial charge in [0.1, 0.15) is 23.0 Å². The molecule has 0 aromatic heterocycles. The Balaban J connectivity index is 1.62. The summed E-state index contributed by atoms with van der Waals surface area (Å²) in [5, 5.41) is 0. The largest absolute Gasteiger partial charge is 0.497 e. The molecule has 2 aliphatic rings. The van der Waals surface area contributed by atoms with E-state index in [0.29, 0.717) is 52.7 Å². The molecule has 0 amide bonds. The van der Waals surface area contributed by atoms with E-state index in [1.165, 1.54) is 0 Å². The number of hydrogen-bond acceptors (Lipinski definition) is 7. The number of rotatable bonds is 5. The van der Waals surface area contributed by atoms with Gasteiger partial charge in [0, 0.05) is 17.7 Å². The summed E-state index contributed by atoms with van der Waals surface area (Å²) in [6.07, 6.45) is 2.55. The van der Waals surface area contributed by atoms with Gasteiger partial charge < -0.3 is 23.7 Å². The van der Waals surface area contributed by atoms with Crippen LogP contribution in [0.3, 0.4) is 0 Å². The zero-order chi connectivity index (χ0) is 21.3. The molecule has 1 fully saturated rings. The third-order valence-corrected chi connectivity index (χ3v) is 5.16. The SMILES string of the molecule is COc1ccc(OC)c(/C=C2\Oc3c(ccc(OC(=O)C4CCCO4)c3C)C2=O)c1. The molecule has 0 saturated carbocycles. The lowest BCUT2D eigenvalue weighted by molar-refractivity contribution is -0.144. The molecule has 0 spiro atoms. The van der Waals surface area contributed by atoms with Crippen molar-refractivity contribution in [1.82, 2.24) is 0 Å². The molecule has 30 heavy (non-hydrogen) atoms. The van der Waals surface area contributed by atoms with Crippen molar-refractivity contribution in [2.45, 2.75) is 25.9 Å². The third kappa shape index (κ3) is 3.64. The van der Waals surface area contributed by atoms with E-state index in [0.717, 1.165) is 6.42 Å². The Hall–Kier alpha value is -3.32. The lowest BCUT2D eigenvalue weighted by atomic mass is 10.1. The Morgan fingerprint density at radius 1 is 1.13 bits per heavy atom. The second-order valence-electron chi connectivity index (χ2n) is 7.04. The first-order chi connectivity index (χ1) is 14.5. The Kier molecular flexibility index (Phi) is 5.46. The van der Waals surface area contributed by atoms with Gasteiger partial charge in [-0.15, -0.1) is 0 Å². The molecule has 0 N–H and O–H groups in total. The summed E-state index contributed by atoms with van der Waals surface area (Å²) >= 11 is 0. The maximum Gasteiger partial charge on any atom is 0.340 e. The van der Waals surface area contributed by atoms with Gasteiger partial charge in [0.25, 0.3) is 0 Å². The monoisotopic (exact) mass is 410 g/mol. The molecule has 0 aliphatic carbocycles. The number of carbonyl (C=O) groups excluding carboxylic acids is 2. The second kappa shape index (κ2) is 8.20. The van der Waals surface area contributed by atoms with Crippen molar-refractivity contribution < 1.29 is 33.3 Å². The standard InChI is InChI=1S/C23H22O7/c1-13-17(30-23(25)19-5-4-10-28-19)9-7-16-21(24)20(29-22(13)16)12-14-11-15(26-2)6-8-18(14)27-3/h6-9,11-12,19H,4-5,10H2,1-3H3/b20-12-. The van der Waals surface area contributed by atoms with Crippen molar-refractivity contribution in [3.63, 3.8) is 0 Å². The van der Waals surface area contributed by atoms with Crippen LogP contribution >= 0.6 is 0 Å². The second-order valence-corrected chi connectivity index (χ2v) is 7.04. The van der Waals surface area contributed by atoms with Gasteiger partial charge in [-0.3, -0.25) is 4.79 Å². The molecular weight excluding hydrogens is 388 g/mol. The van der Waals surface area contributed by atoms with E-state index in [-0.39, 0.29) is 11.5 Å². The molecule has 0 radical (unpaired) electrons. The van der Waals surface area contributed by atoms with Gasteiger partial charge in [-0.1, -0.05) is 0 Å². The van der Waals surface area contributed by atoms with Crippen molar-refractivity contribution in [3.05, 3.63) is 52.8 Å². The zero-order valence-corrected chi connectivity index (χ0v) is 17.0. The van der Waals surface area contributed by atoms with Crippen LogP contribution in [0.25, 0.3) is 6.08 Å². The third-order valence-electron chi connectivity index (χ3n) is 5.16. The van der Waals surface area contributed by atoms with Gasteiger partial charge in [-0.2, -0.15) is 0 Å². The first-order valence-corrected chi connectivity index (χ1v) is 9.65. The van der Waals surface area contributed by atoms with Crippen LogP contribution in [0.4, 0.5) is 0 Å². The molecule has 1 unspecified atom stereocenters. The summed E-state index contributed by atoms with van der Waals surface area (Å²) in [5.74, 6) is 1.41. The number of methoxy groups -OCH3 is 2. The molecule has 4 rings (SSSR count). The van der Waals surface area contributed by atoms with Gasteiger partial charge >= 0.3 is 5.97 Å². The molecule has 156 valence electrons. The number of benzene rings is 2. The number of esters is 1. The van der Waals surface area contributed by atoms with Gasteiger partial charge in [0.05, 0.1) is 19.8 Å². The quantitative estimate of drug-likeness (QED) is 0.422. The topological polar surface area (TPSA) is 80.3 Å². The first-order valence-electron chi connectivity index (χ1n) is 9.65. The average molecular weight is 410 g/mol. The fraction of sp³-hybridized carbons (Fsp3) is 0.304. The molecule has 2 aromatic rings. The number of Topliss-reactive ketones (excluding diaryl/α,β-unsaturated/α-hetero) is 1. The molecule has 1 saturated heterocycles. The van der Waals surface area contributed by atoms with Crippen molar-refractivity contribution in [2.24, 2.45) is 0 Å². The van der Waals surface area contributed by atoms with E-state index >= 15 is 0 Å². The van der Waals surface area contributed by atoms with Gasteiger partial charge in [0.15, 0.2) is 11.9 Å². The van der Waals surface area contributed by atoms with Crippen LogP contribution in [-0.2, 0) is 9.53 Å². The summed E-state index contributed by atoms with van der Waals surface area (Å²) in [5.41, 5.74) is 1.64. The number of allylic oxidation sites excluding steroid dienone is 1. The van der Waals surface area contributed by atoms with E-state index in [9.17, 15) is 9.59 Å². The van der Waals surface area contributed by atoms with Crippen LogP contribution in [0.5, 0.6) is 23.0 Å². The molecule has 2 heterocycles. The molecule has 1 atom stereocenters. The fourth-order valence-electron chi connectivity index (χ4n) is 3.51. The first kappa shape index (κ1) is 20.0. The number of fused-ring (bicyclic) bond motifs is 1. The minimum atomic E-state index is -0.545. The average Bonchev–Trinajstić information content (AvgIpc) is 3.40. The van der Waals surface area contributed by atoms with Crippen LogP contribution in [0.1, 0.15) is 34.3 Å². The maximum atomic E-state index is 12.9. The molecule has 2 aliphatic heterocycles. The van der Waals surface area contributed by atoms with Crippen molar-refractivity contribution in [2.75, 3.05) is 20.8 Å². The highest BCUT2D eigenvalue weighted by Crippen LogP contribution is 2.40. The van der Waals surface area contributed by atoms with E-state index in [2.05, 4.69) is 0 Å². The highest BCUT2D eigenvalue weighted by molar-refractivity contribution is 6.15. The Morgan fingerprint density at radius 3 is 2.63 bits per heavy atom. The summed E-state index contributed by atoms with van der Waals surface area (Å²) in [6, 6.07) is 8.49. The molecule has 7 heteroatoms. The summed E-state index contributed by atoms with van der Waals surface area (Å²) in [7, 11) is 3.11. The van der Waals surface area contributed by atoms with Crippen LogP contribution in [0.2, 0.25) is 0 Å². The Morgan fingerprint density at radius 2 is 1.93 bits per heavy atom. The predicted octanol–water partition coefficient (Wildman–Crippen LogP) is 3.71. The summed E-state index contributed by atoms with van der Waals surface area (Å²) in [6.45, 7) is 2.31.